The maximum absolute atomic E-state index is 9.13. The van der Waals surface area contributed by atoms with E-state index in [1.165, 1.54) is 11.8 Å². The Kier molecular flexibility index (Phi) is 20.5. The lowest BCUT2D eigenvalue weighted by Gasteiger charge is -1.99. The summed E-state index contributed by atoms with van der Waals surface area (Å²) in [4.78, 5) is 18.3. The molecule has 0 radical (unpaired) electrons. The number of carboxylic acids is 2. The van der Waals surface area contributed by atoms with Crippen LogP contribution in [0.15, 0.2) is 0 Å². The number of aliphatic hydroxyl groups is 2. The van der Waals surface area contributed by atoms with Crippen molar-refractivity contribution in [3.05, 3.63) is 0 Å². The third kappa shape index (κ3) is 48.3. The van der Waals surface area contributed by atoms with Gasteiger partial charge < -0.3 is 20.4 Å². The van der Waals surface area contributed by atoms with E-state index in [9.17, 15) is 0 Å². The summed E-state index contributed by atoms with van der Waals surface area (Å²) in [7, 11) is 0. The van der Waals surface area contributed by atoms with Gasteiger partial charge in [-0.2, -0.15) is 0 Å². The number of aliphatic carboxylic acids is 2. The number of terminal acetylenes is 2. The van der Waals surface area contributed by atoms with Crippen LogP contribution in [0.5, 0.6) is 0 Å². The van der Waals surface area contributed by atoms with E-state index in [4.69, 9.17) is 30.0 Å². The molecule has 0 aliphatic rings. The number of hydrogen-bond donors (Lipinski definition) is 4. The third-order valence-electron chi connectivity index (χ3n) is 1.31. The molecule has 0 aliphatic heterocycles. The molecule has 18 heavy (non-hydrogen) atoms. The zero-order chi connectivity index (χ0) is 15.0. The average Bonchev–Trinajstić information content (AvgIpc) is 2.30. The average molecular weight is 258 g/mol. The Morgan fingerprint density at radius 1 is 1.06 bits per heavy atom. The molecule has 0 aromatic heterocycles. The zero-order valence-corrected chi connectivity index (χ0v) is 10.2. The molecule has 0 amide bonds. The van der Waals surface area contributed by atoms with E-state index in [0.29, 0.717) is 6.42 Å². The van der Waals surface area contributed by atoms with Gasteiger partial charge in [-0.3, -0.25) is 0 Å². The quantitative estimate of drug-likeness (QED) is 0.327. The molecular formula is C12H18O6. The monoisotopic (exact) mass is 258 g/mol. The van der Waals surface area contributed by atoms with Crippen molar-refractivity contribution in [2.45, 2.75) is 38.9 Å². The summed E-state index contributed by atoms with van der Waals surface area (Å²) >= 11 is 0. The molecule has 0 rings (SSSR count). The molecule has 0 saturated heterocycles. The first-order valence-electron chi connectivity index (χ1n) is 5.06. The van der Waals surface area contributed by atoms with Crippen molar-refractivity contribution in [2.75, 3.05) is 0 Å². The van der Waals surface area contributed by atoms with Crippen molar-refractivity contribution in [2.24, 2.45) is 0 Å². The Labute approximate surface area is 106 Å². The standard InChI is InChI=1S/C6H14O2.2C3H2O2/c1-2-3-4-5-6(7)8;2*1-2-3(4)5/h6-8H,2-5H2,1H3;2*1H,(H,4,5). The number of unbranched alkanes of at least 4 members (excludes halogenated alkanes) is 2. The highest BCUT2D eigenvalue weighted by molar-refractivity contribution is 5.85. The van der Waals surface area contributed by atoms with Crippen molar-refractivity contribution in [3.63, 3.8) is 0 Å². The Morgan fingerprint density at radius 3 is 1.56 bits per heavy atom. The molecule has 0 aromatic carbocycles. The molecule has 0 heterocycles. The fraction of sp³-hybridized carbons (Fsp3) is 0.500. The van der Waals surface area contributed by atoms with E-state index < -0.39 is 18.2 Å². The molecule has 4 N–H and O–H groups in total. The first-order chi connectivity index (χ1) is 8.31. The van der Waals surface area contributed by atoms with E-state index in [1.807, 2.05) is 0 Å². The van der Waals surface area contributed by atoms with Gasteiger partial charge in [0.25, 0.3) is 0 Å². The van der Waals surface area contributed by atoms with Crippen molar-refractivity contribution in [1.29, 1.82) is 0 Å². The number of carbonyl (C=O) groups is 2. The minimum atomic E-state index is -1.22. The van der Waals surface area contributed by atoms with Gasteiger partial charge in [0.05, 0.1) is 0 Å². The van der Waals surface area contributed by atoms with Crippen LogP contribution in [0.3, 0.4) is 0 Å². The van der Waals surface area contributed by atoms with Crippen LogP contribution in [-0.4, -0.2) is 38.7 Å². The van der Waals surface area contributed by atoms with Gasteiger partial charge in [-0.1, -0.05) is 19.8 Å². The maximum Gasteiger partial charge on any atom is 0.381 e. The second-order valence-electron chi connectivity index (χ2n) is 2.88. The van der Waals surface area contributed by atoms with E-state index in [-0.39, 0.29) is 0 Å². The fourth-order valence-corrected chi connectivity index (χ4v) is 0.577. The topological polar surface area (TPSA) is 115 Å². The zero-order valence-electron chi connectivity index (χ0n) is 10.2. The predicted octanol–water partition coefficient (Wildman–Crippen LogP) is 0.286. The molecule has 102 valence electrons. The molecule has 6 nitrogen and oxygen atoms in total. The third-order valence-corrected chi connectivity index (χ3v) is 1.31. The SMILES string of the molecule is C#CC(=O)O.C#CC(=O)O.CCCCCC(O)O. The number of carboxylic acid groups (broad SMARTS) is 2. The van der Waals surface area contributed by atoms with Gasteiger partial charge >= 0.3 is 11.9 Å². The number of aliphatic hydroxyl groups excluding tert-OH is 1. The van der Waals surface area contributed by atoms with Crippen LogP contribution in [-0.2, 0) is 9.59 Å². The smallest absolute Gasteiger partial charge is 0.381 e. The summed E-state index contributed by atoms with van der Waals surface area (Å²) in [6.07, 6.45) is 11.2. The van der Waals surface area contributed by atoms with Crippen LogP contribution >= 0.6 is 0 Å². The Balaban J connectivity index is -0.000000197. The molecule has 0 aliphatic carbocycles. The predicted molar refractivity (Wildman–Crippen MR) is 65.3 cm³/mol. The minimum absolute atomic E-state index is 0.522. The molecule has 0 aromatic rings. The van der Waals surface area contributed by atoms with Gasteiger partial charge in [0, 0.05) is 11.8 Å². The van der Waals surface area contributed by atoms with Gasteiger partial charge in [0.2, 0.25) is 0 Å². The highest BCUT2D eigenvalue weighted by Gasteiger charge is 1.93. The summed E-state index contributed by atoms with van der Waals surface area (Å²) in [5, 5.41) is 31.6. The van der Waals surface area contributed by atoms with Crippen LogP contribution in [0, 0.1) is 24.7 Å². The lowest BCUT2D eigenvalue weighted by atomic mass is 10.2. The van der Waals surface area contributed by atoms with Crippen LogP contribution in [0.1, 0.15) is 32.6 Å². The van der Waals surface area contributed by atoms with Crippen LogP contribution in [0.2, 0.25) is 0 Å². The van der Waals surface area contributed by atoms with E-state index in [0.717, 1.165) is 19.3 Å². The van der Waals surface area contributed by atoms with E-state index >= 15 is 0 Å². The molecule has 0 fully saturated rings. The van der Waals surface area contributed by atoms with Crippen molar-refractivity contribution in [3.8, 4) is 24.7 Å². The molecule has 0 saturated carbocycles. The first kappa shape index (κ1) is 21.3. The molecule has 0 spiro atoms. The molecule has 0 bridgehead atoms. The van der Waals surface area contributed by atoms with Crippen molar-refractivity contribution < 1.29 is 30.0 Å². The summed E-state index contributed by atoms with van der Waals surface area (Å²) in [5.74, 6) is 0.454. The van der Waals surface area contributed by atoms with Gasteiger partial charge in [0.1, 0.15) is 0 Å². The van der Waals surface area contributed by atoms with Crippen LogP contribution in [0.4, 0.5) is 0 Å². The second kappa shape index (κ2) is 17.4. The van der Waals surface area contributed by atoms with Gasteiger partial charge in [-0.15, -0.1) is 12.8 Å². The first-order valence-corrected chi connectivity index (χ1v) is 5.06. The second-order valence-corrected chi connectivity index (χ2v) is 2.88. The van der Waals surface area contributed by atoms with Crippen molar-refractivity contribution in [1.82, 2.24) is 0 Å². The van der Waals surface area contributed by atoms with Gasteiger partial charge in [0.15, 0.2) is 6.29 Å². The summed E-state index contributed by atoms with van der Waals surface area (Å²) in [5.41, 5.74) is 0. The summed E-state index contributed by atoms with van der Waals surface area (Å²) in [6.45, 7) is 2.09. The number of hydrogen-bond acceptors (Lipinski definition) is 4. The Morgan fingerprint density at radius 2 is 1.39 bits per heavy atom. The van der Waals surface area contributed by atoms with E-state index in [1.54, 1.807) is 0 Å². The normalized spacial score (nSPS) is 7.67. The van der Waals surface area contributed by atoms with Gasteiger partial charge in [-0.25, -0.2) is 9.59 Å². The fourth-order valence-electron chi connectivity index (χ4n) is 0.577. The Bertz CT molecular complexity index is 271. The maximum atomic E-state index is 9.13. The van der Waals surface area contributed by atoms with Crippen LogP contribution < -0.4 is 0 Å². The largest absolute Gasteiger partial charge is 0.472 e. The molecule has 0 unspecified atom stereocenters. The Hall–Kier alpha value is -2.02. The summed E-state index contributed by atoms with van der Waals surface area (Å²) in [6, 6.07) is 0. The number of rotatable bonds is 4. The van der Waals surface area contributed by atoms with Crippen LogP contribution in [0.25, 0.3) is 0 Å². The minimum Gasteiger partial charge on any atom is -0.472 e. The van der Waals surface area contributed by atoms with Crippen molar-refractivity contribution >= 4 is 11.9 Å². The molecule has 0 atom stereocenters. The highest BCUT2D eigenvalue weighted by Crippen LogP contribution is 1.99. The lowest BCUT2D eigenvalue weighted by Crippen LogP contribution is -2.02. The molecular weight excluding hydrogens is 240 g/mol. The van der Waals surface area contributed by atoms with Gasteiger partial charge in [-0.05, 0) is 12.8 Å². The summed E-state index contributed by atoms with van der Waals surface area (Å²) < 4.78 is 0. The highest BCUT2D eigenvalue weighted by atomic mass is 16.5. The molecule has 6 heteroatoms. The lowest BCUT2D eigenvalue weighted by molar-refractivity contribution is -0.131. The van der Waals surface area contributed by atoms with E-state index in [2.05, 4.69) is 19.8 Å².